The lowest BCUT2D eigenvalue weighted by atomic mass is 9.99. The largest absolute Gasteiger partial charge is 0.135 e. The highest BCUT2D eigenvalue weighted by Crippen LogP contribution is 2.39. The first kappa shape index (κ1) is 22.4. The maximum Gasteiger partial charge on any atom is 0.0361 e. The van der Waals surface area contributed by atoms with Crippen LogP contribution in [0.3, 0.4) is 0 Å². The van der Waals surface area contributed by atoms with Crippen molar-refractivity contribution in [3.63, 3.8) is 0 Å². The van der Waals surface area contributed by atoms with Crippen molar-refractivity contribution in [3.05, 3.63) is 71.8 Å². The minimum atomic E-state index is 1.20. The molecule has 0 atom stereocenters. The smallest absolute Gasteiger partial charge is 0.0361 e. The standard InChI is InChI=1S/C32H36S/c1-3-5-7-9-11-23-13-15-25-19-29-30-20-26-16-14-24(12-10-8-6-4-2)18-28(26)22-32(30)33-31(29)21-27(25)17-23/h13-22H,3-12H2,1-2H3. The zero-order valence-electron chi connectivity index (χ0n) is 20.3. The molecule has 0 saturated carbocycles. The van der Waals surface area contributed by atoms with Crippen molar-refractivity contribution in [1.82, 2.24) is 0 Å². The van der Waals surface area contributed by atoms with Crippen LogP contribution in [0, 0.1) is 0 Å². The van der Waals surface area contributed by atoms with Gasteiger partial charge in [0.1, 0.15) is 0 Å². The molecule has 5 aromatic rings. The van der Waals surface area contributed by atoms with E-state index in [0.29, 0.717) is 0 Å². The molecule has 0 aliphatic rings. The molecule has 0 fully saturated rings. The van der Waals surface area contributed by atoms with Gasteiger partial charge in [-0.1, -0.05) is 88.8 Å². The summed E-state index contributed by atoms with van der Waals surface area (Å²) < 4.78 is 2.83. The van der Waals surface area contributed by atoms with Gasteiger partial charge in [-0.25, -0.2) is 0 Å². The van der Waals surface area contributed by atoms with Gasteiger partial charge in [-0.05, 0) is 82.6 Å². The van der Waals surface area contributed by atoms with Crippen molar-refractivity contribution in [2.45, 2.75) is 78.1 Å². The Bertz CT molecular complexity index is 1280. The number of unbranched alkanes of at least 4 members (excludes halogenated alkanes) is 6. The summed E-state index contributed by atoms with van der Waals surface area (Å²) in [4.78, 5) is 0. The van der Waals surface area contributed by atoms with E-state index in [1.165, 1.54) is 117 Å². The van der Waals surface area contributed by atoms with Gasteiger partial charge >= 0.3 is 0 Å². The highest BCUT2D eigenvalue weighted by Gasteiger charge is 2.09. The summed E-state index contributed by atoms with van der Waals surface area (Å²) in [5, 5.41) is 8.32. The number of rotatable bonds is 10. The highest BCUT2D eigenvalue weighted by molar-refractivity contribution is 7.26. The van der Waals surface area contributed by atoms with Crippen molar-refractivity contribution in [3.8, 4) is 0 Å². The fourth-order valence-corrected chi connectivity index (χ4v) is 6.35. The fraction of sp³-hybridized carbons (Fsp3) is 0.375. The maximum absolute atomic E-state index is 2.43. The number of hydrogen-bond donors (Lipinski definition) is 0. The minimum Gasteiger partial charge on any atom is -0.135 e. The molecule has 0 radical (unpaired) electrons. The van der Waals surface area contributed by atoms with Crippen LogP contribution in [0.2, 0.25) is 0 Å². The number of aryl methyl sites for hydroxylation is 2. The molecule has 33 heavy (non-hydrogen) atoms. The van der Waals surface area contributed by atoms with Crippen molar-refractivity contribution >= 4 is 53.1 Å². The van der Waals surface area contributed by atoms with E-state index in [9.17, 15) is 0 Å². The summed E-state index contributed by atoms with van der Waals surface area (Å²) in [5.41, 5.74) is 2.97. The first-order valence-electron chi connectivity index (χ1n) is 13.1. The Balaban J connectivity index is 1.47. The number of hydrogen-bond acceptors (Lipinski definition) is 1. The van der Waals surface area contributed by atoms with Crippen molar-refractivity contribution < 1.29 is 0 Å². The van der Waals surface area contributed by atoms with Crippen molar-refractivity contribution in [2.24, 2.45) is 0 Å². The van der Waals surface area contributed by atoms with Gasteiger partial charge in [-0.2, -0.15) is 0 Å². The average molecular weight is 453 g/mol. The molecular weight excluding hydrogens is 416 g/mol. The van der Waals surface area contributed by atoms with Crippen molar-refractivity contribution in [1.29, 1.82) is 0 Å². The van der Waals surface area contributed by atoms with Crippen LogP contribution < -0.4 is 0 Å². The molecule has 4 aromatic carbocycles. The summed E-state index contributed by atoms with van der Waals surface area (Å²) in [5.74, 6) is 0. The number of fused-ring (bicyclic) bond motifs is 5. The van der Waals surface area contributed by atoms with Gasteiger partial charge in [0.15, 0.2) is 0 Å². The Morgan fingerprint density at radius 2 is 0.970 bits per heavy atom. The molecule has 0 N–H and O–H groups in total. The van der Waals surface area contributed by atoms with E-state index in [2.05, 4.69) is 74.5 Å². The van der Waals surface area contributed by atoms with E-state index in [1.54, 1.807) is 0 Å². The molecule has 0 unspecified atom stereocenters. The topological polar surface area (TPSA) is 0 Å². The predicted molar refractivity (Wildman–Crippen MR) is 150 cm³/mol. The van der Waals surface area contributed by atoms with Crippen LogP contribution in [0.1, 0.15) is 76.3 Å². The van der Waals surface area contributed by atoms with E-state index in [-0.39, 0.29) is 0 Å². The van der Waals surface area contributed by atoms with Crippen LogP contribution in [-0.4, -0.2) is 0 Å². The average Bonchev–Trinajstić information content (AvgIpc) is 3.17. The lowest BCUT2D eigenvalue weighted by molar-refractivity contribution is 0.667. The normalized spacial score (nSPS) is 11.9. The summed E-state index contributed by atoms with van der Waals surface area (Å²) in [6.07, 6.45) is 13.0. The lowest BCUT2D eigenvalue weighted by Crippen LogP contribution is -1.86. The molecule has 5 rings (SSSR count). The van der Waals surface area contributed by atoms with Gasteiger partial charge in [0.25, 0.3) is 0 Å². The summed E-state index contributed by atoms with van der Waals surface area (Å²) in [7, 11) is 0. The molecule has 0 bridgehead atoms. The van der Waals surface area contributed by atoms with E-state index < -0.39 is 0 Å². The predicted octanol–water partition coefficient (Wildman–Crippen LogP) is 10.6. The Hall–Kier alpha value is -2.38. The summed E-state index contributed by atoms with van der Waals surface area (Å²) in [6.45, 7) is 4.56. The zero-order valence-corrected chi connectivity index (χ0v) is 21.1. The van der Waals surface area contributed by atoms with E-state index in [4.69, 9.17) is 0 Å². The quantitative estimate of drug-likeness (QED) is 0.185. The Kier molecular flexibility index (Phi) is 6.97. The van der Waals surface area contributed by atoms with Crippen LogP contribution in [0.15, 0.2) is 60.7 Å². The monoisotopic (exact) mass is 452 g/mol. The second kappa shape index (κ2) is 10.3. The zero-order chi connectivity index (χ0) is 22.6. The first-order valence-corrected chi connectivity index (χ1v) is 13.9. The molecule has 1 heterocycles. The first-order chi connectivity index (χ1) is 16.2. The second-order valence-electron chi connectivity index (χ2n) is 9.78. The van der Waals surface area contributed by atoms with E-state index in [0.717, 1.165) is 0 Å². The van der Waals surface area contributed by atoms with Crippen LogP contribution >= 0.6 is 11.3 Å². The van der Waals surface area contributed by atoms with Gasteiger partial charge in [-0.3, -0.25) is 0 Å². The second-order valence-corrected chi connectivity index (χ2v) is 10.9. The third-order valence-electron chi connectivity index (χ3n) is 7.15. The number of benzene rings is 4. The van der Waals surface area contributed by atoms with Crippen LogP contribution in [-0.2, 0) is 12.8 Å². The molecule has 0 aliphatic heterocycles. The van der Waals surface area contributed by atoms with Gasteiger partial charge in [-0.15, -0.1) is 11.3 Å². The van der Waals surface area contributed by atoms with Gasteiger partial charge in [0, 0.05) is 20.2 Å². The maximum atomic E-state index is 2.43. The lowest BCUT2D eigenvalue weighted by Gasteiger charge is -2.06. The van der Waals surface area contributed by atoms with E-state index >= 15 is 0 Å². The Labute approximate surface area is 202 Å². The molecule has 1 aromatic heterocycles. The van der Waals surface area contributed by atoms with Gasteiger partial charge in [0.05, 0.1) is 0 Å². The van der Waals surface area contributed by atoms with Gasteiger partial charge in [0.2, 0.25) is 0 Å². The molecule has 0 aliphatic carbocycles. The summed E-state index contributed by atoms with van der Waals surface area (Å²) >= 11 is 1.95. The van der Waals surface area contributed by atoms with Gasteiger partial charge < -0.3 is 0 Å². The third kappa shape index (κ3) is 4.94. The van der Waals surface area contributed by atoms with Crippen LogP contribution in [0.4, 0.5) is 0 Å². The molecular formula is C32H36S. The third-order valence-corrected chi connectivity index (χ3v) is 8.27. The SMILES string of the molecule is CCCCCCc1ccc2cc3c(cc2c1)sc1cc2cc(CCCCCC)ccc2cc13. The number of thiophene rings is 1. The Morgan fingerprint density at radius 1 is 0.485 bits per heavy atom. The highest BCUT2D eigenvalue weighted by atomic mass is 32.1. The fourth-order valence-electron chi connectivity index (χ4n) is 5.18. The molecule has 0 saturated heterocycles. The van der Waals surface area contributed by atoms with Crippen LogP contribution in [0.25, 0.3) is 41.7 Å². The molecule has 1 heteroatoms. The molecule has 0 spiro atoms. The van der Waals surface area contributed by atoms with E-state index in [1.807, 2.05) is 11.3 Å². The molecule has 0 nitrogen and oxygen atoms in total. The Morgan fingerprint density at radius 3 is 1.42 bits per heavy atom. The molecule has 170 valence electrons. The minimum absolute atomic E-state index is 1.20. The molecule has 0 amide bonds. The summed E-state index contributed by atoms with van der Waals surface area (Å²) in [6, 6.07) is 23.9. The van der Waals surface area contributed by atoms with Crippen LogP contribution in [0.5, 0.6) is 0 Å². The van der Waals surface area contributed by atoms with Crippen molar-refractivity contribution in [2.75, 3.05) is 0 Å².